The summed E-state index contributed by atoms with van der Waals surface area (Å²) < 4.78 is 12.8. The normalized spacial score (nSPS) is 14.1. The van der Waals surface area contributed by atoms with Crippen LogP contribution >= 0.6 is 0 Å². The molecule has 0 fully saturated rings. The maximum Gasteiger partial charge on any atom is 0.326 e. The monoisotopic (exact) mass is 296 g/mol. The van der Waals surface area contributed by atoms with Crippen molar-refractivity contribution in [3.05, 3.63) is 35.6 Å². The highest BCUT2D eigenvalue weighted by Crippen LogP contribution is 2.19. The summed E-state index contributed by atoms with van der Waals surface area (Å²) in [5.41, 5.74) is 0.122. The van der Waals surface area contributed by atoms with Gasteiger partial charge in [0.05, 0.1) is 6.04 Å². The molecule has 3 N–H and O–H groups in total. The fourth-order valence-electron chi connectivity index (χ4n) is 1.85. The number of amides is 2. The zero-order chi connectivity index (χ0) is 16.2. The molecule has 0 saturated carbocycles. The first-order valence-corrected chi connectivity index (χ1v) is 6.66. The molecule has 0 spiro atoms. The molecule has 21 heavy (non-hydrogen) atoms. The number of carboxylic acid groups (broad SMARTS) is 1. The summed E-state index contributed by atoms with van der Waals surface area (Å²) in [6.07, 6.45) is 0. The number of aliphatic carboxylic acids is 1. The van der Waals surface area contributed by atoms with Crippen LogP contribution in [0.5, 0.6) is 0 Å². The van der Waals surface area contributed by atoms with E-state index in [4.69, 9.17) is 5.11 Å². The molecule has 5 nitrogen and oxygen atoms in total. The second-order valence-electron chi connectivity index (χ2n) is 6.03. The van der Waals surface area contributed by atoms with Crippen LogP contribution in [0.25, 0.3) is 0 Å². The van der Waals surface area contributed by atoms with E-state index in [2.05, 4.69) is 10.6 Å². The molecule has 6 heteroatoms. The van der Waals surface area contributed by atoms with Gasteiger partial charge in [-0.1, -0.05) is 32.9 Å². The highest BCUT2D eigenvalue weighted by atomic mass is 19.1. The fourth-order valence-corrected chi connectivity index (χ4v) is 1.85. The van der Waals surface area contributed by atoms with Crippen molar-refractivity contribution in [2.24, 2.45) is 5.41 Å². The molecule has 0 aliphatic rings. The first-order chi connectivity index (χ1) is 9.61. The number of halogens is 1. The van der Waals surface area contributed by atoms with Crippen molar-refractivity contribution in [2.45, 2.75) is 39.8 Å². The summed E-state index contributed by atoms with van der Waals surface area (Å²) >= 11 is 0. The first-order valence-electron chi connectivity index (χ1n) is 6.66. The van der Waals surface area contributed by atoms with Crippen LogP contribution < -0.4 is 10.6 Å². The molecule has 0 heterocycles. The van der Waals surface area contributed by atoms with Crippen LogP contribution in [0.4, 0.5) is 9.18 Å². The van der Waals surface area contributed by atoms with Gasteiger partial charge in [0.25, 0.3) is 0 Å². The number of carbonyl (C=O) groups excluding carboxylic acids is 1. The topological polar surface area (TPSA) is 78.4 Å². The quantitative estimate of drug-likeness (QED) is 0.799. The largest absolute Gasteiger partial charge is 0.480 e. The van der Waals surface area contributed by atoms with Crippen molar-refractivity contribution in [1.29, 1.82) is 0 Å². The zero-order valence-corrected chi connectivity index (χ0v) is 12.6. The van der Waals surface area contributed by atoms with E-state index in [0.717, 1.165) is 5.56 Å². The van der Waals surface area contributed by atoms with Crippen LogP contribution in [0.2, 0.25) is 0 Å². The van der Waals surface area contributed by atoms with Gasteiger partial charge in [-0.3, -0.25) is 0 Å². The van der Waals surface area contributed by atoms with Crippen LogP contribution in [-0.2, 0) is 4.79 Å². The van der Waals surface area contributed by atoms with E-state index in [0.29, 0.717) is 0 Å². The Morgan fingerprint density at radius 1 is 1.14 bits per heavy atom. The maximum absolute atomic E-state index is 12.8. The number of rotatable bonds is 4. The van der Waals surface area contributed by atoms with Crippen LogP contribution in [-0.4, -0.2) is 23.1 Å². The van der Waals surface area contributed by atoms with Gasteiger partial charge in [0.15, 0.2) is 0 Å². The molecule has 2 amide bonds. The highest BCUT2D eigenvalue weighted by molar-refractivity contribution is 5.83. The second kappa shape index (κ2) is 6.56. The molecule has 0 aromatic heterocycles. The van der Waals surface area contributed by atoms with Gasteiger partial charge in [-0.2, -0.15) is 0 Å². The molecule has 0 bridgehead atoms. The molecule has 1 unspecified atom stereocenters. The lowest BCUT2D eigenvalue weighted by atomic mass is 9.87. The molecular formula is C15H21FN2O3. The molecule has 0 aliphatic heterocycles. The van der Waals surface area contributed by atoms with Gasteiger partial charge < -0.3 is 15.7 Å². The smallest absolute Gasteiger partial charge is 0.326 e. The van der Waals surface area contributed by atoms with E-state index in [9.17, 15) is 14.0 Å². The predicted molar refractivity (Wildman–Crippen MR) is 77.4 cm³/mol. The van der Waals surface area contributed by atoms with Crippen LogP contribution in [0.3, 0.4) is 0 Å². The number of hydrogen-bond donors (Lipinski definition) is 3. The Labute approximate surface area is 123 Å². The summed E-state index contributed by atoms with van der Waals surface area (Å²) in [5.74, 6) is -1.44. The van der Waals surface area contributed by atoms with Gasteiger partial charge in [-0.25, -0.2) is 14.0 Å². The van der Waals surface area contributed by atoms with E-state index < -0.39 is 23.5 Å². The number of carboxylic acids is 1. The van der Waals surface area contributed by atoms with Gasteiger partial charge in [-0.15, -0.1) is 0 Å². The van der Waals surface area contributed by atoms with Gasteiger partial charge in [0.1, 0.15) is 11.9 Å². The third-order valence-corrected chi connectivity index (χ3v) is 3.11. The average molecular weight is 296 g/mol. The van der Waals surface area contributed by atoms with E-state index in [1.807, 2.05) is 0 Å². The second-order valence-corrected chi connectivity index (χ2v) is 6.03. The summed E-state index contributed by atoms with van der Waals surface area (Å²) in [5, 5.41) is 14.2. The van der Waals surface area contributed by atoms with E-state index in [-0.39, 0.29) is 11.9 Å². The molecule has 0 radical (unpaired) electrons. The lowest BCUT2D eigenvalue weighted by Crippen LogP contribution is -2.52. The predicted octanol–water partition coefficient (Wildman–Crippen LogP) is 2.69. The zero-order valence-electron chi connectivity index (χ0n) is 12.6. The fraction of sp³-hybridized carbons (Fsp3) is 0.467. The molecule has 0 aliphatic carbocycles. The molecule has 1 aromatic carbocycles. The Balaban J connectivity index is 2.68. The van der Waals surface area contributed by atoms with Crippen molar-refractivity contribution in [3.8, 4) is 0 Å². The molecule has 116 valence electrons. The van der Waals surface area contributed by atoms with Crippen LogP contribution in [0, 0.1) is 11.2 Å². The minimum absolute atomic E-state index is 0.353. The number of urea groups is 1. The minimum atomic E-state index is -1.09. The third kappa shape index (κ3) is 5.06. The summed E-state index contributed by atoms with van der Waals surface area (Å²) in [6.45, 7) is 6.93. The number of nitrogens with one attached hydrogen (secondary N) is 2. The van der Waals surface area contributed by atoms with E-state index in [1.54, 1.807) is 39.8 Å². The van der Waals surface area contributed by atoms with Gasteiger partial charge >= 0.3 is 12.0 Å². The highest BCUT2D eigenvalue weighted by Gasteiger charge is 2.32. The lowest BCUT2D eigenvalue weighted by Gasteiger charge is -2.28. The molecule has 1 rings (SSSR count). The number of carbonyl (C=O) groups is 2. The summed E-state index contributed by atoms with van der Waals surface area (Å²) in [4.78, 5) is 23.1. The lowest BCUT2D eigenvalue weighted by molar-refractivity contribution is -0.141. The average Bonchev–Trinajstić information content (AvgIpc) is 2.35. The van der Waals surface area contributed by atoms with E-state index in [1.165, 1.54) is 12.1 Å². The molecular weight excluding hydrogens is 275 g/mol. The SMILES string of the molecule is CC(NC(=O)N[C@@H](C(=O)O)C(C)(C)C)c1ccc(F)cc1. The van der Waals surface area contributed by atoms with Crippen molar-refractivity contribution >= 4 is 12.0 Å². The Hall–Kier alpha value is -2.11. The van der Waals surface area contributed by atoms with Crippen molar-refractivity contribution < 1.29 is 19.1 Å². The van der Waals surface area contributed by atoms with Gasteiger partial charge in [0, 0.05) is 0 Å². The Kier molecular flexibility index (Phi) is 5.29. The Morgan fingerprint density at radius 3 is 2.10 bits per heavy atom. The van der Waals surface area contributed by atoms with Crippen molar-refractivity contribution in [1.82, 2.24) is 10.6 Å². The first kappa shape index (κ1) is 16.9. The Bertz CT molecular complexity index is 509. The minimum Gasteiger partial charge on any atom is -0.480 e. The van der Waals surface area contributed by atoms with Crippen molar-refractivity contribution in [2.75, 3.05) is 0 Å². The molecule has 0 saturated heterocycles. The summed E-state index contributed by atoms with van der Waals surface area (Å²) in [6, 6.07) is 3.81. The number of hydrogen-bond acceptors (Lipinski definition) is 2. The van der Waals surface area contributed by atoms with Crippen LogP contribution in [0.1, 0.15) is 39.3 Å². The molecule has 1 aromatic rings. The van der Waals surface area contributed by atoms with Gasteiger partial charge in [0.2, 0.25) is 0 Å². The standard InChI is InChI=1S/C15H21FN2O3/c1-9(10-5-7-11(16)8-6-10)17-14(21)18-12(13(19)20)15(2,3)4/h5-9,12H,1-4H3,(H,19,20)(H2,17,18,21)/t9?,12-/m0/s1. The van der Waals surface area contributed by atoms with Crippen LogP contribution in [0.15, 0.2) is 24.3 Å². The van der Waals surface area contributed by atoms with E-state index >= 15 is 0 Å². The maximum atomic E-state index is 12.8. The third-order valence-electron chi connectivity index (χ3n) is 3.11. The summed E-state index contributed by atoms with van der Waals surface area (Å²) in [7, 11) is 0. The molecule has 2 atom stereocenters. The van der Waals surface area contributed by atoms with Gasteiger partial charge in [-0.05, 0) is 30.0 Å². The van der Waals surface area contributed by atoms with Crippen molar-refractivity contribution in [3.63, 3.8) is 0 Å². The Morgan fingerprint density at radius 2 is 1.67 bits per heavy atom. The number of benzene rings is 1.